The number of amides is 1. The van der Waals surface area contributed by atoms with Gasteiger partial charge in [-0.15, -0.1) is 0 Å². The Hall–Kier alpha value is -0.570. The third kappa shape index (κ3) is 2.51. The van der Waals surface area contributed by atoms with Gasteiger partial charge in [0.05, 0.1) is 0 Å². The van der Waals surface area contributed by atoms with Crippen molar-refractivity contribution >= 4 is 5.91 Å². The maximum absolute atomic E-state index is 11.7. The largest absolute Gasteiger partial charge is 0.396 e. The molecule has 15 heavy (non-hydrogen) atoms. The first-order chi connectivity index (χ1) is 7.31. The van der Waals surface area contributed by atoms with Crippen LogP contribution in [0.5, 0.6) is 0 Å². The van der Waals surface area contributed by atoms with E-state index in [1.54, 1.807) is 0 Å². The molecule has 0 atom stereocenters. The fourth-order valence-electron chi connectivity index (χ4n) is 2.85. The van der Waals surface area contributed by atoms with Crippen LogP contribution in [0.25, 0.3) is 0 Å². The van der Waals surface area contributed by atoms with Crippen LogP contribution in [0.2, 0.25) is 0 Å². The van der Waals surface area contributed by atoms with E-state index in [2.05, 4.69) is 4.90 Å². The molecule has 0 spiro atoms. The van der Waals surface area contributed by atoms with Gasteiger partial charge in [0.25, 0.3) is 0 Å². The van der Waals surface area contributed by atoms with Crippen molar-refractivity contribution in [3.8, 4) is 0 Å². The fraction of sp³-hybridized carbons (Fsp3) is 0.917. The lowest BCUT2D eigenvalue weighted by Crippen LogP contribution is -2.45. The van der Waals surface area contributed by atoms with Gasteiger partial charge in [0.15, 0.2) is 0 Å². The molecule has 1 aliphatic carbocycles. The molecule has 0 unspecified atom stereocenters. The van der Waals surface area contributed by atoms with E-state index in [9.17, 15) is 4.79 Å². The van der Waals surface area contributed by atoms with Crippen molar-refractivity contribution in [2.45, 2.75) is 51.0 Å². The van der Waals surface area contributed by atoms with Crippen molar-refractivity contribution in [2.75, 3.05) is 13.2 Å². The van der Waals surface area contributed by atoms with E-state index in [-0.39, 0.29) is 0 Å². The lowest BCUT2D eigenvalue weighted by Gasteiger charge is -2.38. The summed E-state index contributed by atoms with van der Waals surface area (Å²) in [7, 11) is 0. The number of aliphatic hydroxyl groups excluding tert-OH is 1. The second kappa shape index (κ2) is 4.97. The van der Waals surface area contributed by atoms with E-state index in [1.807, 2.05) is 0 Å². The molecule has 1 N–H and O–H groups in total. The average Bonchev–Trinajstić information content (AvgIpc) is 2.30. The van der Waals surface area contributed by atoms with Gasteiger partial charge in [0.2, 0.25) is 5.91 Å². The summed E-state index contributed by atoms with van der Waals surface area (Å²) >= 11 is 0. The number of nitrogens with zero attached hydrogens (tertiary/aromatic N) is 1. The predicted molar refractivity (Wildman–Crippen MR) is 58.4 cm³/mol. The van der Waals surface area contributed by atoms with E-state index in [0.717, 1.165) is 45.1 Å². The summed E-state index contributed by atoms with van der Waals surface area (Å²) < 4.78 is 0. The smallest absolute Gasteiger partial charge is 0.222 e. The van der Waals surface area contributed by atoms with Crippen molar-refractivity contribution in [3.05, 3.63) is 0 Å². The van der Waals surface area contributed by atoms with Crippen molar-refractivity contribution in [2.24, 2.45) is 5.92 Å². The minimum Gasteiger partial charge on any atom is -0.396 e. The maximum atomic E-state index is 11.7. The Morgan fingerprint density at radius 3 is 2.53 bits per heavy atom. The molecule has 1 amide bonds. The topological polar surface area (TPSA) is 40.5 Å². The summed E-state index contributed by atoms with van der Waals surface area (Å²) in [5, 5.41) is 9.06. The van der Waals surface area contributed by atoms with Gasteiger partial charge < -0.3 is 10.0 Å². The van der Waals surface area contributed by atoms with Crippen molar-refractivity contribution < 1.29 is 9.90 Å². The molecule has 0 aromatic rings. The second-order valence-corrected chi connectivity index (χ2v) is 4.90. The minimum absolute atomic E-state index is 0.320. The number of aliphatic hydroxyl groups is 1. The molecule has 2 aliphatic rings. The Balaban J connectivity index is 1.86. The molecule has 0 aromatic carbocycles. The summed E-state index contributed by atoms with van der Waals surface area (Å²) in [5.74, 6) is 0.842. The Morgan fingerprint density at radius 1 is 1.20 bits per heavy atom. The maximum Gasteiger partial charge on any atom is 0.222 e. The molecular formula is C12H21NO2. The highest BCUT2D eigenvalue weighted by Gasteiger charge is 2.29. The number of rotatable bonds is 2. The van der Waals surface area contributed by atoms with E-state index in [0.29, 0.717) is 24.5 Å². The van der Waals surface area contributed by atoms with Crippen LogP contribution in [-0.4, -0.2) is 35.1 Å². The number of hydrogen-bond donors (Lipinski definition) is 1. The highest BCUT2D eigenvalue weighted by Crippen LogP contribution is 2.29. The Bertz CT molecular complexity index is 222. The summed E-state index contributed by atoms with van der Waals surface area (Å²) in [5.41, 5.74) is 0. The molecule has 3 nitrogen and oxygen atoms in total. The molecule has 3 heteroatoms. The first-order valence-electron chi connectivity index (χ1n) is 6.21. The van der Waals surface area contributed by atoms with Crippen molar-refractivity contribution in [1.29, 1.82) is 0 Å². The molecule has 86 valence electrons. The SMILES string of the molecule is O=C1CCCCN1C1CCC(CO)CC1. The van der Waals surface area contributed by atoms with Gasteiger partial charge in [-0.05, 0) is 44.4 Å². The van der Waals surface area contributed by atoms with Crippen LogP contribution < -0.4 is 0 Å². The molecule has 1 heterocycles. The Kier molecular flexibility index (Phi) is 3.62. The Labute approximate surface area is 91.5 Å². The van der Waals surface area contributed by atoms with Gasteiger partial charge in [-0.25, -0.2) is 0 Å². The Morgan fingerprint density at radius 2 is 1.93 bits per heavy atom. The van der Waals surface area contributed by atoms with Crippen LogP contribution in [0, 0.1) is 5.92 Å². The zero-order chi connectivity index (χ0) is 10.7. The molecule has 2 rings (SSSR count). The van der Waals surface area contributed by atoms with Crippen LogP contribution in [0.3, 0.4) is 0 Å². The van der Waals surface area contributed by atoms with E-state index < -0.39 is 0 Å². The van der Waals surface area contributed by atoms with Crippen molar-refractivity contribution in [1.82, 2.24) is 4.90 Å². The number of carbonyl (C=O) groups is 1. The van der Waals surface area contributed by atoms with Crippen molar-refractivity contribution in [3.63, 3.8) is 0 Å². The number of piperidine rings is 1. The molecule has 1 saturated heterocycles. The van der Waals surface area contributed by atoms with Gasteiger partial charge in [-0.3, -0.25) is 4.79 Å². The lowest BCUT2D eigenvalue weighted by molar-refractivity contribution is -0.136. The average molecular weight is 211 g/mol. The number of carbonyl (C=O) groups excluding carboxylic acids is 1. The molecule has 1 saturated carbocycles. The minimum atomic E-state index is 0.320. The molecule has 0 aromatic heterocycles. The highest BCUT2D eigenvalue weighted by atomic mass is 16.3. The van der Waals surface area contributed by atoms with Gasteiger partial charge >= 0.3 is 0 Å². The third-order valence-electron chi connectivity index (χ3n) is 3.88. The first-order valence-corrected chi connectivity index (χ1v) is 6.21. The summed E-state index contributed by atoms with van der Waals surface area (Å²) in [6, 6.07) is 0.473. The summed E-state index contributed by atoms with van der Waals surface area (Å²) in [6.45, 7) is 1.29. The quantitative estimate of drug-likeness (QED) is 0.753. The normalized spacial score (nSPS) is 33.1. The lowest BCUT2D eigenvalue weighted by atomic mass is 9.85. The van der Waals surface area contributed by atoms with Gasteiger partial charge in [-0.1, -0.05) is 0 Å². The van der Waals surface area contributed by atoms with Crippen LogP contribution in [0.4, 0.5) is 0 Å². The zero-order valence-electron chi connectivity index (χ0n) is 9.32. The molecule has 2 fully saturated rings. The van der Waals surface area contributed by atoms with Gasteiger partial charge in [-0.2, -0.15) is 0 Å². The van der Waals surface area contributed by atoms with Crippen LogP contribution >= 0.6 is 0 Å². The van der Waals surface area contributed by atoms with Crippen LogP contribution in [0.1, 0.15) is 44.9 Å². The third-order valence-corrected chi connectivity index (χ3v) is 3.88. The molecule has 0 bridgehead atoms. The van der Waals surface area contributed by atoms with E-state index >= 15 is 0 Å². The number of hydrogen-bond acceptors (Lipinski definition) is 2. The molecular weight excluding hydrogens is 190 g/mol. The molecule has 0 radical (unpaired) electrons. The zero-order valence-corrected chi connectivity index (χ0v) is 9.32. The summed E-state index contributed by atoms with van der Waals surface area (Å²) in [6.07, 6.45) is 7.36. The first kappa shape index (κ1) is 10.9. The number of likely N-dealkylation sites (tertiary alicyclic amines) is 1. The standard InChI is InChI=1S/C12H21NO2/c14-9-10-4-6-11(7-5-10)13-8-2-1-3-12(13)15/h10-11,14H,1-9H2. The van der Waals surface area contributed by atoms with Crippen LogP contribution in [-0.2, 0) is 4.79 Å². The second-order valence-electron chi connectivity index (χ2n) is 4.90. The van der Waals surface area contributed by atoms with Crippen LogP contribution in [0.15, 0.2) is 0 Å². The predicted octanol–water partition coefficient (Wildman–Crippen LogP) is 1.55. The molecule has 1 aliphatic heterocycles. The highest BCUT2D eigenvalue weighted by molar-refractivity contribution is 5.77. The van der Waals surface area contributed by atoms with Gasteiger partial charge in [0, 0.05) is 25.6 Å². The van der Waals surface area contributed by atoms with E-state index in [4.69, 9.17) is 5.11 Å². The monoisotopic (exact) mass is 211 g/mol. The fourth-order valence-corrected chi connectivity index (χ4v) is 2.85. The van der Waals surface area contributed by atoms with E-state index in [1.165, 1.54) is 6.42 Å². The van der Waals surface area contributed by atoms with Gasteiger partial charge in [0.1, 0.15) is 0 Å². The summed E-state index contributed by atoms with van der Waals surface area (Å²) in [4.78, 5) is 13.8.